The molecule has 8 heteroatoms. The number of anilines is 2. The van der Waals surface area contributed by atoms with Gasteiger partial charge in [0.05, 0.1) is 12.7 Å². The second-order valence-corrected chi connectivity index (χ2v) is 10.9. The van der Waals surface area contributed by atoms with E-state index >= 15 is 0 Å². The fourth-order valence-electron chi connectivity index (χ4n) is 5.76. The van der Waals surface area contributed by atoms with E-state index in [2.05, 4.69) is 10.2 Å². The van der Waals surface area contributed by atoms with Crippen molar-refractivity contribution in [2.45, 2.75) is 32.2 Å². The minimum absolute atomic E-state index is 0.134. The highest BCUT2D eigenvalue weighted by Crippen LogP contribution is 2.30. The Morgan fingerprint density at radius 2 is 1.63 bits per heavy atom. The first-order chi connectivity index (χ1) is 19.9. The third kappa shape index (κ3) is 6.70. The largest absolute Gasteiger partial charge is 0.497 e. The zero-order valence-corrected chi connectivity index (χ0v) is 23.8. The molecule has 1 N–H and O–H groups in total. The first-order valence-electron chi connectivity index (χ1n) is 14.4. The van der Waals surface area contributed by atoms with Gasteiger partial charge in [-0.15, -0.1) is 0 Å². The molecule has 214 valence electrons. The Hall–Kier alpha value is -4.33. The van der Waals surface area contributed by atoms with Crippen LogP contribution in [0.25, 0.3) is 0 Å². The number of methoxy groups -OCH3 is 1. The first kappa shape index (κ1) is 28.2. The summed E-state index contributed by atoms with van der Waals surface area (Å²) in [5, 5.41) is 2.94. The zero-order chi connectivity index (χ0) is 28.8. The molecule has 0 bridgehead atoms. The molecule has 0 radical (unpaired) electrons. The van der Waals surface area contributed by atoms with Gasteiger partial charge in [-0.1, -0.05) is 49.2 Å². The first-order valence-corrected chi connectivity index (χ1v) is 14.4. The summed E-state index contributed by atoms with van der Waals surface area (Å²) in [6, 6.07) is 22.3. The van der Waals surface area contributed by atoms with E-state index in [4.69, 9.17) is 4.74 Å². The van der Waals surface area contributed by atoms with E-state index in [0.29, 0.717) is 55.3 Å². The quantitative estimate of drug-likeness (QED) is 0.421. The van der Waals surface area contributed by atoms with Crippen molar-refractivity contribution in [2.24, 2.45) is 5.92 Å². The Labute approximate surface area is 241 Å². The van der Waals surface area contributed by atoms with E-state index in [0.717, 1.165) is 36.9 Å². The number of ether oxygens (including phenoxy) is 1. The fourth-order valence-corrected chi connectivity index (χ4v) is 5.76. The van der Waals surface area contributed by atoms with Crippen molar-refractivity contribution in [1.82, 2.24) is 9.80 Å². The summed E-state index contributed by atoms with van der Waals surface area (Å²) < 4.78 is 5.25. The molecule has 0 unspecified atom stereocenters. The van der Waals surface area contributed by atoms with Crippen LogP contribution in [0.3, 0.4) is 0 Å². The van der Waals surface area contributed by atoms with Crippen molar-refractivity contribution in [2.75, 3.05) is 50.6 Å². The number of carbonyl (C=O) groups excluding carboxylic acids is 3. The Bertz CT molecular complexity index is 1380. The number of rotatable bonds is 8. The van der Waals surface area contributed by atoms with Gasteiger partial charge in [0.25, 0.3) is 11.8 Å². The van der Waals surface area contributed by atoms with Crippen LogP contribution in [0.4, 0.5) is 11.4 Å². The Kier molecular flexibility index (Phi) is 8.87. The van der Waals surface area contributed by atoms with Crippen LogP contribution in [0.5, 0.6) is 5.75 Å². The molecule has 0 spiro atoms. The van der Waals surface area contributed by atoms with Crippen LogP contribution in [0.2, 0.25) is 0 Å². The molecule has 1 aliphatic heterocycles. The summed E-state index contributed by atoms with van der Waals surface area (Å²) in [4.78, 5) is 45.7. The van der Waals surface area contributed by atoms with Crippen molar-refractivity contribution in [3.63, 3.8) is 0 Å². The van der Waals surface area contributed by atoms with Gasteiger partial charge < -0.3 is 24.8 Å². The summed E-state index contributed by atoms with van der Waals surface area (Å²) in [5.41, 5.74) is 3.36. The topological polar surface area (TPSA) is 82.2 Å². The Balaban J connectivity index is 1.37. The number of amides is 3. The van der Waals surface area contributed by atoms with E-state index in [9.17, 15) is 14.4 Å². The maximum atomic E-state index is 13.9. The van der Waals surface area contributed by atoms with E-state index in [1.807, 2.05) is 47.4 Å². The van der Waals surface area contributed by atoms with Crippen LogP contribution >= 0.6 is 0 Å². The molecule has 2 aliphatic rings. The molecule has 0 aromatic heterocycles. The lowest BCUT2D eigenvalue weighted by Crippen LogP contribution is -2.50. The molecule has 1 saturated heterocycles. The van der Waals surface area contributed by atoms with Crippen LogP contribution in [0.1, 0.15) is 52.0 Å². The normalized spacial score (nSPS) is 15.5. The predicted octanol–water partition coefficient (Wildman–Crippen LogP) is 5.06. The third-order valence-electron chi connectivity index (χ3n) is 8.06. The fraction of sp³-hybridized carbons (Fsp3) is 0.364. The zero-order valence-electron chi connectivity index (χ0n) is 23.8. The minimum atomic E-state index is -0.285. The number of nitrogens with zero attached hydrogens (tertiary/aromatic N) is 3. The molecule has 5 rings (SSSR count). The molecule has 3 aromatic carbocycles. The van der Waals surface area contributed by atoms with E-state index < -0.39 is 0 Å². The van der Waals surface area contributed by atoms with Crippen molar-refractivity contribution in [1.29, 1.82) is 0 Å². The Morgan fingerprint density at radius 1 is 0.902 bits per heavy atom. The lowest BCUT2D eigenvalue weighted by molar-refractivity contribution is -0.135. The smallest absolute Gasteiger partial charge is 0.256 e. The molecule has 1 aliphatic carbocycles. The summed E-state index contributed by atoms with van der Waals surface area (Å²) in [5.74, 6) is 0.615. The van der Waals surface area contributed by atoms with Crippen LogP contribution in [-0.2, 0) is 11.3 Å². The van der Waals surface area contributed by atoms with Crippen molar-refractivity contribution >= 4 is 29.1 Å². The van der Waals surface area contributed by atoms with E-state index in [-0.39, 0.29) is 23.6 Å². The molecule has 0 atom stereocenters. The maximum Gasteiger partial charge on any atom is 0.256 e. The highest BCUT2D eigenvalue weighted by molar-refractivity contribution is 6.06. The number of piperazine rings is 1. The number of benzene rings is 3. The maximum absolute atomic E-state index is 13.9. The Morgan fingerprint density at radius 3 is 2.34 bits per heavy atom. The van der Waals surface area contributed by atoms with Gasteiger partial charge in [0.15, 0.2) is 0 Å². The highest BCUT2D eigenvalue weighted by Gasteiger charge is 2.30. The van der Waals surface area contributed by atoms with Gasteiger partial charge in [-0.05, 0) is 54.8 Å². The van der Waals surface area contributed by atoms with Crippen molar-refractivity contribution in [3.05, 3.63) is 89.5 Å². The van der Waals surface area contributed by atoms with Gasteiger partial charge in [-0.25, -0.2) is 0 Å². The highest BCUT2D eigenvalue weighted by atomic mass is 16.5. The second kappa shape index (κ2) is 12.9. The third-order valence-corrected chi connectivity index (χ3v) is 8.06. The summed E-state index contributed by atoms with van der Waals surface area (Å²) in [7, 11) is 3.35. The summed E-state index contributed by atoms with van der Waals surface area (Å²) in [6.07, 6.45) is 4.26. The predicted molar refractivity (Wildman–Crippen MR) is 160 cm³/mol. The molecule has 8 nitrogen and oxygen atoms in total. The van der Waals surface area contributed by atoms with Gasteiger partial charge in [0.2, 0.25) is 5.91 Å². The molecule has 3 aromatic rings. The second-order valence-electron chi connectivity index (χ2n) is 10.9. The van der Waals surface area contributed by atoms with Gasteiger partial charge >= 0.3 is 0 Å². The number of hydrogen-bond acceptors (Lipinski definition) is 5. The summed E-state index contributed by atoms with van der Waals surface area (Å²) in [6.45, 7) is 3.03. The van der Waals surface area contributed by atoms with Gasteiger partial charge in [0, 0.05) is 62.6 Å². The number of hydrogen-bond donors (Lipinski definition) is 1. The van der Waals surface area contributed by atoms with Gasteiger partial charge in [0.1, 0.15) is 5.75 Å². The minimum Gasteiger partial charge on any atom is -0.497 e. The van der Waals surface area contributed by atoms with Crippen LogP contribution in [-0.4, -0.2) is 67.9 Å². The van der Waals surface area contributed by atoms with Crippen LogP contribution in [0.15, 0.2) is 72.8 Å². The summed E-state index contributed by atoms with van der Waals surface area (Å²) >= 11 is 0. The SMILES string of the molecule is COc1cccc(C(=O)Nc2ccc(N3CCN(C(=O)C4CCCC4)CC3)c(C(=O)N(C)Cc3ccccc3)c2)c1. The monoisotopic (exact) mass is 554 g/mol. The standard InChI is InChI=1S/C33H38N4O4/c1-35(23-24-9-4-3-5-10-24)33(40)29-22-27(34-31(38)26-13-8-14-28(21-26)41-2)15-16-30(29)36-17-19-37(20-18-36)32(39)25-11-6-7-12-25/h3-5,8-10,13-16,21-22,25H,6-7,11-12,17-20,23H2,1-2H3,(H,34,38). The van der Waals surface area contributed by atoms with E-state index in [1.165, 1.54) is 0 Å². The molecule has 1 saturated carbocycles. The van der Waals surface area contributed by atoms with Gasteiger partial charge in [-0.2, -0.15) is 0 Å². The molecular formula is C33H38N4O4. The molecule has 2 fully saturated rings. The van der Waals surface area contributed by atoms with E-state index in [1.54, 1.807) is 49.4 Å². The average Bonchev–Trinajstić information content (AvgIpc) is 3.56. The molecule has 3 amide bonds. The number of carbonyl (C=O) groups is 3. The molecule has 41 heavy (non-hydrogen) atoms. The average molecular weight is 555 g/mol. The lowest BCUT2D eigenvalue weighted by atomic mass is 10.0. The van der Waals surface area contributed by atoms with Crippen molar-refractivity contribution < 1.29 is 19.1 Å². The lowest BCUT2D eigenvalue weighted by Gasteiger charge is -2.38. The molecular weight excluding hydrogens is 516 g/mol. The number of nitrogens with one attached hydrogen (secondary N) is 1. The molecule has 1 heterocycles. The van der Waals surface area contributed by atoms with Crippen molar-refractivity contribution in [3.8, 4) is 5.75 Å². The van der Waals surface area contributed by atoms with Crippen LogP contribution in [0, 0.1) is 5.92 Å². The van der Waals surface area contributed by atoms with Gasteiger partial charge in [-0.3, -0.25) is 14.4 Å². The van der Waals surface area contributed by atoms with Crippen LogP contribution < -0.4 is 15.0 Å².